The number of rotatable bonds is 3. The van der Waals surface area contributed by atoms with E-state index in [0.717, 1.165) is 0 Å². The second-order valence-corrected chi connectivity index (χ2v) is 3.12. The first-order chi connectivity index (χ1) is 7.26. The Morgan fingerprint density at radius 1 is 1.56 bits per heavy atom. The van der Waals surface area contributed by atoms with Crippen LogP contribution >= 0.6 is 0 Å². The second-order valence-electron chi connectivity index (χ2n) is 3.12. The number of carbonyl (C=O) groups is 1. The Bertz CT molecular complexity index is 411. The number of carbonyl (C=O) groups excluding carboxylic acids is 1. The van der Waals surface area contributed by atoms with E-state index in [2.05, 4.69) is 5.10 Å². The lowest BCUT2D eigenvalue weighted by Crippen LogP contribution is -2.25. The van der Waals surface area contributed by atoms with Gasteiger partial charge in [-0.05, 0) is 6.42 Å². The second kappa shape index (κ2) is 4.03. The number of aromatic carboxylic acids is 1. The first-order valence-electron chi connectivity index (χ1n) is 4.39. The van der Waals surface area contributed by atoms with Crippen molar-refractivity contribution in [3.63, 3.8) is 0 Å². The Balaban J connectivity index is 3.21. The highest BCUT2D eigenvalue weighted by atomic mass is 19.4. The Hall–Kier alpha value is -1.73. The van der Waals surface area contributed by atoms with Crippen molar-refractivity contribution in [2.75, 3.05) is 5.73 Å². The summed E-state index contributed by atoms with van der Waals surface area (Å²) in [5, 5.41) is 14.0. The van der Waals surface area contributed by atoms with E-state index < -0.39 is 30.1 Å². The standard InChI is InChI=1S/C8H10F3N3O2/c1-2-4-5(7(15)16)6(12)13-14(4)3-8(9,10)11/h2-3H2,1H3,(H2,12,13)(H,15,16)/p-1. The first-order valence-corrected chi connectivity index (χ1v) is 4.39. The maximum Gasteiger partial charge on any atom is 0.408 e. The number of anilines is 1. The van der Waals surface area contributed by atoms with Crippen LogP contribution in [0.5, 0.6) is 0 Å². The molecular weight excluding hydrogens is 227 g/mol. The van der Waals surface area contributed by atoms with Crippen LogP contribution in [-0.2, 0) is 13.0 Å². The van der Waals surface area contributed by atoms with E-state index in [4.69, 9.17) is 5.73 Å². The highest BCUT2D eigenvalue weighted by molar-refractivity contribution is 5.92. The van der Waals surface area contributed by atoms with Crippen molar-refractivity contribution in [2.24, 2.45) is 0 Å². The average molecular weight is 236 g/mol. The van der Waals surface area contributed by atoms with E-state index >= 15 is 0 Å². The van der Waals surface area contributed by atoms with Crippen LogP contribution in [0.3, 0.4) is 0 Å². The molecule has 0 spiro atoms. The van der Waals surface area contributed by atoms with Crippen molar-refractivity contribution in [3.8, 4) is 0 Å². The van der Waals surface area contributed by atoms with Crippen molar-refractivity contribution >= 4 is 11.8 Å². The van der Waals surface area contributed by atoms with E-state index in [1.807, 2.05) is 0 Å². The lowest BCUT2D eigenvalue weighted by Gasteiger charge is -2.10. The van der Waals surface area contributed by atoms with E-state index in [9.17, 15) is 23.1 Å². The number of carboxylic acid groups (broad SMARTS) is 1. The molecule has 16 heavy (non-hydrogen) atoms. The van der Waals surface area contributed by atoms with Gasteiger partial charge in [-0.25, -0.2) is 0 Å². The Labute approximate surface area is 88.7 Å². The summed E-state index contributed by atoms with van der Waals surface area (Å²) in [4.78, 5) is 10.7. The molecule has 0 aromatic carbocycles. The number of nitrogen functional groups attached to an aromatic ring is 1. The first kappa shape index (κ1) is 12.3. The summed E-state index contributed by atoms with van der Waals surface area (Å²) in [6, 6.07) is 0. The molecule has 0 fully saturated rings. The van der Waals surface area contributed by atoms with Crippen molar-refractivity contribution in [1.29, 1.82) is 0 Å². The Kier molecular flexibility index (Phi) is 3.11. The van der Waals surface area contributed by atoms with Gasteiger partial charge in [-0.3, -0.25) is 4.68 Å². The predicted octanol–water partition coefficient (Wildman–Crippen LogP) is -0.0465. The van der Waals surface area contributed by atoms with E-state index in [0.29, 0.717) is 4.68 Å². The minimum atomic E-state index is -4.48. The molecule has 0 bridgehead atoms. The summed E-state index contributed by atoms with van der Waals surface area (Å²) in [5.41, 5.74) is 4.66. The smallest absolute Gasteiger partial charge is 0.408 e. The van der Waals surface area contributed by atoms with Gasteiger partial charge in [0.25, 0.3) is 0 Å². The zero-order valence-electron chi connectivity index (χ0n) is 8.34. The van der Waals surface area contributed by atoms with Gasteiger partial charge in [-0.2, -0.15) is 18.3 Å². The molecule has 0 saturated heterocycles. The van der Waals surface area contributed by atoms with Gasteiger partial charge in [0.15, 0.2) is 5.82 Å². The maximum absolute atomic E-state index is 12.1. The van der Waals surface area contributed by atoms with E-state index in [1.165, 1.54) is 6.92 Å². The molecule has 0 atom stereocenters. The molecule has 0 radical (unpaired) electrons. The van der Waals surface area contributed by atoms with Crippen LogP contribution in [0.15, 0.2) is 0 Å². The molecule has 8 heteroatoms. The lowest BCUT2D eigenvalue weighted by atomic mass is 10.2. The van der Waals surface area contributed by atoms with Gasteiger partial charge >= 0.3 is 6.18 Å². The number of hydrogen-bond acceptors (Lipinski definition) is 4. The van der Waals surface area contributed by atoms with Crippen LogP contribution in [0.2, 0.25) is 0 Å². The van der Waals surface area contributed by atoms with E-state index in [-0.39, 0.29) is 12.1 Å². The van der Waals surface area contributed by atoms with Crippen molar-refractivity contribution < 1.29 is 23.1 Å². The molecule has 90 valence electrons. The summed E-state index contributed by atoms with van der Waals surface area (Å²) in [6.45, 7) is 0.142. The fourth-order valence-electron chi connectivity index (χ4n) is 1.40. The topological polar surface area (TPSA) is 84.0 Å². The van der Waals surface area contributed by atoms with E-state index in [1.54, 1.807) is 0 Å². The van der Waals surface area contributed by atoms with Crippen molar-refractivity contribution in [1.82, 2.24) is 9.78 Å². The third kappa shape index (κ3) is 2.44. The van der Waals surface area contributed by atoms with Gasteiger partial charge in [-0.1, -0.05) is 6.92 Å². The molecule has 2 N–H and O–H groups in total. The third-order valence-corrected chi connectivity index (χ3v) is 1.95. The molecule has 0 unspecified atom stereocenters. The summed E-state index contributed by atoms with van der Waals surface area (Å²) < 4.78 is 36.9. The van der Waals surface area contributed by atoms with Crippen LogP contribution in [0.1, 0.15) is 23.0 Å². The summed E-state index contributed by atoms with van der Waals surface area (Å²) in [6.07, 6.45) is -4.41. The van der Waals surface area contributed by atoms with Gasteiger partial charge in [0.2, 0.25) is 0 Å². The molecule has 1 aromatic heterocycles. The van der Waals surface area contributed by atoms with Crippen LogP contribution < -0.4 is 10.8 Å². The molecule has 0 amide bonds. The number of hydrogen-bond donors (Lipinski definition) is 1. The quantitative estimate of drug-likeness (QED) is 0.797. The van der Waals surface area contributed by atoms with Gasteiger partial charge in [0.1, 0.15) is 6.54 Å². The van der Waals surface area contributed by atoms with Crippen LogP contribution in [0.25, 0.3) is 0 Å². The van der Waals surface area contributed by atoms with Crippen molar-refractivity contribution in [2.45, 2.75) is 26.1 Å². The van der Waals surface area contributed by atoms with Crippen LogP contribution in [0.4, 0.5) is 19.0 Å². The average Bonchev–Trinajstić information content (AvgIpc) is 2.38. The number of halogens is 3. The number of nitrogens with two attached hydrogens (primary N) is 1. The minimum absolute atomic E-state index is 0.0730. The highest BCUT2D eigenvalue weighted by Crippen LogP contribution is 2.22. The third-order valence-electron chi connectivity index (χ3n) is 1.95. The zero-order valence-corrected chi connectivity index (χ0v) is 8.34. The zero-order chi connectivity index (χ0) is 12.5. The fraction of sp³-hybridized carbons (Fsp3) is 0.500. The molecular formula is C8H9F3N3O2-. The minimum Gasteiger partial charge on any atom is -0.545 e. The van der Waals surface area contributed by atoms with Gasteiger partial charge in [-0.15, -0.1) is 0 Å². The monoisotopic (exact) mass is 236 g/mol. The number of nitrogens with zero attached hydrogens (tertiary/aromatic N) is 2. The summed E-state index contributed by atoms with van der Waals surface area (Å²) >= 11 is 0. The number of aromatic nitrogens is 2. The fourth-order valence-corrected chi connectivity index (χ4v) is 1.40. The summed E-state index contributed by atoms with van der Waals surface area (Å²) in [5.74, 6) is -2.08. The number of alkyl halides is 3. The van der Waals surface area contributed by atoms with Crippen LogP contribution in [-0.4, -0.2) is 21.9 Å². The Morgan fingerprint density at radius 3 is 2.50 bits per heavy atom. The van der Waals surface area contributed by atoms with Gasteiger partial charge in [0, 0.05) is 5.69 Å². The molecule has 1 heterocycles. The SMILES string of the molecule is CCc1c(C(=O)[O-])c(N)nn1CC(F)(F)F. The predicted molar refractivity (Wildman–Crippen MR) is 46.4 cm³/mol. The molecule has 1 aromatic rings. The van der Waals surface area contributed by atoms with Gasteiger partial charge < -0.3 is 15.6 Å². The molecule has 0 aliphatic carbocycles. The Morgan fingerprint density at radius 2 is 2.12 bits per heavy atom. The number of carboxylic acids is 1. The molecule has 0 aliphatic rings. The highest BCUT2D eigenvalue weighted by Gasteiger charge is 2.30. The normalized spacial score (nSPS) is 11.8. The van der Waals surface area contributed by atoms with Gasteiger partial charge in [0.05, 0.1) is 11.5 Å². The lowest BCUT2D eigenvalue weighted by molar-refractivity contribution is -0.255. The largest absolute Gasteiger partial charge is 0.545 e. The molecule has 1 rings (SSSR count). The maximum atomic E-state index is 12.1. The molecule has 0 aliphatic heterocycles. The summed E-state index contributed by atoms with van der Waals surface area (Å²) in [7, 11) is 0. The molecule has 0 saturated carbocycles. The van der Waals surface area contributed by atoms with Crippen LogP contribution in [0, 0.1) is 0 Å². The van der Waals surface area contributed by atoms with Crippen molar-refractivity contribution in [3.05, 3.63) is 11.3 Å². The molecule has 5 nitrogen and oxygen atoms in total.